The second kappa shape index (κ2) is 9.31. The molecule has 0 saturated carbocycles. The van der Waals surface area contributed by atoms with E-state index in [4.69, 9.17) is 16.3 Å². The van der Waals surface area contributed by atoms with E-state index in [1.54, 1.807) is 11.1 Å². The Morgan fingerprint density at radius 1 is 1.20 bits per heavy atom. The summed E-state index contributed by atoms with van der Waals surface area (Å²) >= 11 is 6.32. The Morgan fingerprint density at radius 2 is 1.93 bits per heavy atom. The fourth-order valence-electron chi connectivity index (χ4n) is 4.18. The van der Waals surface area contributed by atoms with Crippen LogP contribution in [-0.2, 0) is 4.74 Å². The lowest BCUT2D eigenvalue weighted by atomic mass is 10.0. The second-order valence-electron chi connectivity index (χ2n) is 7.87. The molecule has 2 aliphatic rings. The molecular weight excluding hydrogens is 414 g/mol. The number of piperidine rings is 1. The molecule has 0 aliphatic carbocycles. The van der Waals surface area contributed by atoms with E-state index >= 15 is 0 Å². The topological polar surface area (TPSA) is 59.4 Å². The van der Waals surface area contributed by atoms with Crippen molar-refractivity contribution in [3.63, 3.8) is 0 Å². The normalized spacial score (nSPS) is 20.4. The number of anilines is 2. The van der Waals surface area contributed by atoms with Crippen LogP contribution in [0.2, 0.25) is 5.02 Å². The first-order valence-electron chi connectivity index (χ1n) is 10.3. The molecule has 1 aromatic carbocycles. The van der Waals surface area contributed by atoms with Gasteiger partial charge in [0, 0.05) is 26.2 Å². The van der Waals surface area contributed by atoms with Gasteiger partial charge in [0.1, 0.15) is 22.3 Å². The maximum Gasteiger partial charge on any atom is 0.287 e. The van der Waals surface area contributed by atoms with Crippen molar-refractivity contribution in [1.82, 2.24) is 9.78 Å². The highest BCUT2D eigenvalue weighted by molar-refractivity contribution is 6.32. The molecular formula is C21H25ClF2N4O2. The first-order chi connectivity index (χ1) is 14.5. The van der Waals surface area contributed by atoms with Crippen molar-refractivity contribution in [1.29, 1.82) is 0 Å². The van der Waals surface area contributed by atoms with Crippen molar-refractivity contribution in [2.75, 3.05) is 43.1 Å². The van der Waals surface area contributed by atoms with Crippen molar-refractivity contribution >= 4 is 23.0 Å². The van der Waals surface area contributed by atoms with Crippen LogP contribution in [0.15, 0.2) is 29.2 Å². The fraction of sp³-hybridized carbons (Fsp3) is 0.524. The molecule has 2 saturated heterocycles. The molecule has 2 fully saturated rings. The van der Waals surface area contributed by atoms with Gasteiger partial charge in [-0.05, 0) is 43.7 Å². The highest BCUT2D eigenvalue weighted by Crippen LogP contribution is 2.30. The van der Waals surface area contributed by atoms with Crippen molar-refractivity contribution in [2.24, 2.45) is 5.92 Å². The number of benzene rings is 1. The van der Waals surface area contributed by atoms with Crippen LogP contribution in [0, 0.1) is 17.6 Å². The quantitative estimate of drug-likeness (QED) is 0.768. The van der Waals surface area contributed by atoms with Crippen LogP contribution in [0.5, 0.6) is 0 Å². The summed E-state index contributed by atoms with van der Waals surface area (Å²) in [6, 6.07) is 3.69. The Hall–Kier alpha value is -2.19. The number of rotatable bonds is 5. The molecule has 4 rings (SSSR count). The van der Waals surface area contributed by atoms with E-state index < -0.39 is 11.6 Å². The molecule has 2 aromatic rings. The summed E-state index contributed by atoms with van der Waals surface area (Å²) in [6.07, 6.45) is 4.79. The number of ether oxygens (including phenoxy) is 1. The zero-order valence-corrected chi connectivity index (χ0v) is 17.4. The van der Waals surface area contributed by atoms with Crippen LogP contribution < -0.4 is 15.8 Å². The predicted molar refractivity (Wildman–Crippen MR) is 112 cm³/mol. The Balaban J connectivity index is 1.41. The SMILES string of the molecule is O=c1c(Cl)c(NC[C@@H]2CCCOC2)cnn1C1CCN(c2c(F)cccc2F)CC1. The fourth-order valence-corrected chi connectivity index (χ4v) is 4.38. The van der Waals surface area contributed by atoms with Gasteiger partial charge >= 0.3 is 0 Å². The zero-order valence-electron chi connectivity index (χ0n) is 16.6. The number of halogens is 3. The Labute approximate surface area is 178 Å². The van der Waals surface area contributed by atoms with Gasteiger partial charge in [0.15, 0.2) is 0 Å². The molecule has 0 spiro atoms. The maximum absolute atomic E-state index is 14.0. The number of nitrogens with one attached hydrogen (secondary N) is 1. The number of hydrogen-bond acceptors (Lipinski definition) is 5. The molecule has 0 radical (unpaired) electrons. The van der Waals surface area contributed by atoms with Crippen LogP contribution in [0.1, 0.15) is 31.7 Å². The molecule has 6 nitrogen and oxygen atoms in total. The lowest BCUT2D eigenvalue weighted by Gasteiger charge is -2.34. The van der Waals surface area contributed by atoms with Crippen molar-refractivity contribution in [3.8, 4) is 0 Å². The minimum absolute atomic E-state index is 0.0134. The van der Waals surface area contributed by atoms with Gasteiger partial charge in [-0.25, -0.2) is 13.5 Å². The molecule has 3 heterocycles. The third-order valence-electron chi connectivity index (χ3n) is 5.84. The van der Waals surface area contributed by atoms with Gasteiger partial charge in [-0.15, -0.1) is 0 Å². The van der Waals surface area contributed by atoms with Gasteiger partial charge in [0.25, 0.3) is 5.56 Å². The van der Waals surface area contributed by atoms with Gasteiger partial charge in [-0.3, -0.25) is 4.79 Å². The molecule has 9 heteroatoms. The molecule has 1 N–H and O–H groups in total. The summed E-state index contributed by atoms with van der Waals surface area (Å²) in [7, 11) is 0. The Bertz CT molecular complexity index is 921. The molecule has 162 valence electrons. The van der Waals surface area contributed by atoms with Gasteiger partial charge < -0.3 is 15.0 Å². The van der Waals surface area contributed by atoms with Crippen molar-refractivity contribution in [3.05, 3.63) is 51.4 Å². The van der Waals surface area contributed by atoms with Crippen LogP contribution in [0.4, 0.5) is 20.2 Å². The van der Waals surface area contributed by atoms with Gasteiger partial charge in [0.2, 0.25) is 0 Å². The highest BCUT2D eigenvalue weighted by atomic mass is 35.5. The Kier molecular flexibility index (Phi) is 6.53. The van der Waals surface area contributed by atoms with E-state index in [1.807, 2.05) is 0 Å². The minimum Gasteiger partial charge on any atom is -0.382 e. The predicted octanol–water partition coefficient (Wildman–Crippen LogP) is 3.85. The van der Waals surface area contributed by atoms with E-state index in [9.17, 15) is 13.6 Å². The second-order valence-corrected chi connectivity index (χ2v) is 8.25. The molecule has 30 heavy (non-hydrogen) atoms. The zero-order chi connectivity index (χ0) is 21.1. The number of nitrogens with zero attached hydrogens (tertiary/aromatic N) is 3. The van der Waals surface area contributed by atoms with E-state index in [0.29, 0.717) is 50.7 Å². The number of hydrogen-bond donors (Lipinski definition) is 1. The molecule has 0 bridgehead atoms. The summed E-state index contributed by atoms with van der Waals surface area (Å²) in [4.78, 5) is 14.4. The maximum atomic E-state index is 14.0. The van der Waals surface area contributed by atoms with E-state index in [-0.39, 0.29) is 22.3 Å². The summed E-state index contributed by atoms with van der Waals surface area (Å²) in [5, 5.41) is 7.65. The van der Waals surface area contributed by atoms with Crippen LogP contribution in [0.3, 0.4) is 0 Å². The first kappa shape index (κ1) is 21.1. The number of para-hydroxylation sites is 1. The largest absolute Gasteiger partial charge is 0.382 e. The summed E-state index contributed by atoms with van der Waals surface area (Å²) in [5.74, 6) is -0.767. The minimum atomic E-state index is -0.578. The van der Waals surface area contributed by atoms with Crippen LogP contribution in [-0.4, -0.2) is 42.6 Å². The van der Waals surface area contributed by atoms with E-state index in [1.165, 1.54) is 22.9 Å². The first-order valence-corrected chi connectivity index (χ1v) is 10.7. The van der Waals surface area contributed by atoms with E-state index in [0.717, 1.165) is 19.4 Å². The average molecular weight is 439 g/mol. The van der Waals surface area contributed by atoms with E-state index in [2.05, 4.69) is 10.4 Å². The average Bonchev–Trinajstić information content (AvgIpc) is 2.76. The summed E-state index contributed by atoms with van der Waals surface area (Å²) in [6.45, 7) is 3.04. The van der Waals surface area contributed by atoms with Gasteiger partial charge in [-0.1, -0.05) is 17.7 Å². The lowest BCUT2D eigenvalue weighted by Crippen LogP contribution is -2.39. The molecule has 2 aliphatic heterocycles. The molecule has 0 amide bonds. The molecule has 1 atom stereocenters. The molecule has 0 unspecified atom stereocenters. The lowest BCUT2D eigenvalue weighted by molar-refractivity contribution is 0.0595. The van der Waals surface area contributed by atoms with Crippen molar-refractivity contribution < 1.29 is 13.5 Å². The number of aromatic nitrogens is 2. The molecule has 1 aromatic heterocycles. The van der Waals surface area contributed by atoms with Gasteiger partial charge in [-0.2, -0.15) is 5.10 Å². The van der Waals surface area contributed by atoms with Crippen molar-refractivity contribution in [2.45, 2.75) is 31.7 Å². The smallest absolute Gasteiger partial charge is 0.287 e. The highest BCUT2D eigenvalue weighted by Gasteiger charge is 2.26. The van der Waals surface area contributed by atoms with Gasteiger partial charge in [0.05, 0.1) is 24.5 Å². The summed E-state index contributed by atoms with van der Waals surface area (Å²) < 4.78 is 35.0. The standard InChI is InChI=1S/C21H25ClF2N4O2/c22-19-18(25-11-14-3-2-10-30-13-14)12-26-28(21(19)29)15-6-8-27(9-7-15)20-16(23)4-1-5-17(20)24/h1,4-5,12,14-15,25H,2-3,6-11,13H2/t14-/m0/s1. The Morgan fingerprint density at radius 3 is 2.60 bits per heavy atom. The van der Waals surface area contributed by atoms with Crippen LogP contribution >= 0.6 is 11.6 Å². The van der Waals surface area contributed by atoms with Crippen LogP contribution in [0.25, 0.3) is 0 Å². The third kappa shape index (κ3) is 4.44. The summed E-state index contributed by atoms with van der Waals surface area (Å²) in [5.41, 5.74) is 0.159. The monoisotopic (exact) mass is 438 g/mol. The third-order valence-corrected chi connectivity index (χ3v) is 6.21.